The first-order chi connectivity index (χ1) is 17.0. The average molecular weight is 490 g/mol. The van der Waals surface area contributed by atoms with E-state index in [1.165, 1.54) is 29.8 Å². The van der Waals surface area contributed by atoms with Gasteiger partial charge in [-0.15, -0.1) is 0 Å². The molecule has 0 aromatic heterocycles. The van der Waals surface area contributed by atoms with E-state index >= 15 is 0 Å². The molecule has 1 atom stereocenters. The molecule has 2 aromatic carbocycles. The molecule has 2 aliphatic heterocycles. The van der Waals surface area contributed by atoms with Crippen LogP contribution in [-0.4, -0.2) is 52.7 Å². The number of piperidine rings is 1. The number of amides is 1. The van der Waals surface area contributed by atoms with Gasteiger partial charge in [0, 0.05) is 26.2 Å². The van der Waals surface area contributed by atoms with Crippen LogP contribution < -0.4 is 0 Å². The lowest BCUT2D eigenvalue weighted by molar-refractivity contribution is -0.128. The molecular weight excluding hydrogens is 464 g/mol. The predicted molar refractivity (Wildman–Crippen MR) is 138 cm³/mol. The Kier molecular flexibility index (Phi) is 6.79. The van der Waals surface area contributed by atoms with E-state index < -0.39 is 0 Å². The molecule has 0 saturated carbocycles. The summed E-state index contributed by atoms with van der Waals surface area (Å²) >= 11 is 5.40. The summed E-state index contributed by atoms with van der Waals surface area (Å²) in [5.74, 6) is -0.938. The van der Waals surface area contributed by atoms with Crippen LogP contribution in [0.3, 0.4) is 0 Å². The first kappa shape index (κ1) is 23.5. The molecule has 0 N–H and O–H groups in total. The van der Waals surface area contributed by atoms with Crippen LogP contribution in [0, 0.1) is 17.6 Å². The van der Waals surface area contributed by atoms with E-state index in [0.29, 0.717) is 23.9 Å². The zero-order valence-corrected chi connectivity index (χ0v) is 20.0. The maximum absolute atomic E-state index is 13.6. The quantitative estimate of drug-likeness (QED) is 0.544. The van der Waals surface area contributed by atoms with Crippen LogP contribution in [0.25, 0.3) is 5.57 Å². The lowest BCUT2D eigenvalue weighted by Gasteiger charge is -2.34. The Balaban J connectivity index is 1.29. The Labute approximate surface area is 209 Å². The van der Waals surface area contributed by atoms with Crippen molar-refractivity contribution in [1.82, 2.24) is 9.80 Å². The SMILES string of the molecule is O=C1[C@@H]2C=CC=CC2=NC(=S)N1CCN1CCC(=C(c2ccc(F)cc2)c2ccc(F)cc2)CC1. The second-order valence-electron chi connectivity index (χ2n) is 8.86. The number of allylic oxidation sites excluding steroid dienone is 3. The van der Waals surface area contributed by atoms with Crippen molar-refractivity contribution < 1.29 is 13.6 Å². The Morgan fingerprint density at radius 2 is 1.51 bits per heavy atom. The largest absolute Gasteiger partial charge is 0.301 e. The van der Waals surface area contributed by atoms with Crippen molar-refractivity contribution in [3.8, 4) is 0 Å². The van der Waals surface area contributed by atoms with E-state index in [1.54, 1.807) is 29.2 Å². The van der Waals surface area contributed by atoms with Crippen molar-refractivity contribution in [3.05, 3.63) is 101 Å². The van der Waals surface area contributed by atoms with E-state index in [4.69, 9.17) is 12.2 Å². The smallest absolute Gasteiger partial charge is 0.241 e. The number of hydrogen-bond donors (Lipinski definition) is 0. The number of fused-ring (bicyclic) bond motifs is 1. The van der Waals surface area contributed by atoms with Crippen LogP contribution >= 0.6 is 12.2 Å². The third-order valence-electron chi connectivity index (χ3n) is 6.71. The van der Waals surface area contributed by atoms with Gasteiger partial charge in [0.1, 0.15) is 11.6 Å². The molecule has 2 aromatic rings. The second kappa shape index (κ2) is 10.1. The van der Waals surface area contributed by atoms with Crippen LogP contribution in [0.4, 0.5) is 8.78 Å². The molecule has 1 fully saturated rings. The van der Waals surface area contributed by atoms with E-state index in [-0.39, 0.29) is 23.5 Å². The molecule has 1 amide bonds. The molecule has 35 heavy (non-hydrogen) atoms. The van der Waals surface area contributed by atoms with Crippen LogP contribution in [0.2, 0.25) is 0 Å². The summed E-state index contributed by atoms with van der Waals surface area (Å²) in [6.45, 7) is 2.87. The Bertz CT molecular complexity index is 1200. The Morgan fingerprint density at radius 3 is 2.11 bits per heavy atom. The number of carbonyl (C=O) groups is 1. The summed E-state index contributed by atoms with van der Waals surface area (Å²) < 4.78 is 27.1. The lowest BCUT2D eigenvalue weighted by atomic mass is 9.88. The highest BCUT2D eigenvalue weighted by atomic mass is 32.1. The molecule has 1 aliphatic carbocycles. The summed E-state index contributed by atoms with van der Waals surface area (Å²) in [5, 5.41) is 0.328. The Morgan fingerprint density at radius 1 is 0.914 bits per heavy atom. The number of halogens is 2. The maximum atomic E-state index is 13.6. The fraction of sp³-hybridized carbons (Fsp3) is 0.250. The van der Waals surface area contributed by atoms with Crippen molar-refractivity contribution in [2.45, 2.75) is 12.8 Å². The highest BCUT2D eigenvalue weighted by Crippen LogP contribution is 2.32. The maximum Gasteiger partial charge on any atom is 0.241 e. The molecule has 0 unspecified atom stereocenters. The van der Waals surface area contributed by atoms with E-state index in [2.05, 4.69) is 9.89 Å². The topological polar surface area (TPSA) is 35.9 Å². The van der Waals surface area contributed by atoms with Gasteiger partial charge in [0.25, 0.3) is 0 Å². The fourth-order valence-electron chi connectivity index (χ4n) is 4.83. The molecule has 4 nitrogen and oxygen atoms in total. The highest BCUT2D eigenvalue weighted by Gasteiger charge is 2.33. The molecule has 7 heteroatoms. The van der Waals surface area contributed by atoms with Crippen molar-refractivity contribution >= 4 is 34.5 Å². The number of hydrogen-bond acceptors (Lipinski definition) is 3. The van der Waals surface area contributed by atoms with Gasteiger partial charge < -0.3 is 4.90 Å². The van der Waals surface area contributed by atoms with Gasteiger partial charge in [-0.05, 0) is 72.1 Å². The zero-order chi connectivity index (χ0) is 24.4. The van der Waals surface area contributed by atoms with Gasteiger partial charge in [-0.1, -0.05) is 48.1 Å². The van der Waals surface area contributed by atoms with E-state index in [1.807, 2.05) is 24.3 Å². The van der Waals surface area contributed by atoms with Gasteiger partial charge in [-0.2, -0.15) is 0 Å². The number of likely N-dealkylation sites (tertiary alicyclic amines) is 1. The summed E-state index contributed by atoms with van der Waals surface area (Å²) in [6.07, 6.45) is 9.10. The molecule has 2 heterocycles. The first-order valence-electron chi connectivity index (χ1n) is 11.7. The minimum atomic E-state index is -0.350. The molecular formula is C28H25F2N3OS. The van der Waals surface area contributed by atoms with Crippen LogP contribution in [0.1, 0.15) is 24.0 Å². The molecule has 178 valence electrons. The first-order valence-corrected chi connectivity index (χ1v) is 12.2. The van der Waals surface area contributed by atoms with Gasteiger partial charge >= 0.3 is 0 Å². The number of benzene rings is 2. The van der Waals surface area contributed by atoms with Gasteiger partial charge in [-0.25, -0.2) is 13.8 Å². The van der Waals surface area contributed by atoms with Crippen LogP contribution in [0.5, 0.6) is 0 Å². The van der Waals surface area contributed by atoms with Gasteiger partial charge in [0.05, 0.1) is 11.6 Å². The Hall–Kier alpha value is -3.29. The number of thiocarbonyl (C=S) groups is 1. The van der Waals surface area contributed by atoms with Crippen LogP contribution in [0.15, 0.2) is 83.4 Å². The third kappa shape index (κ3) is 5.06. The van der Waals surface area contributed by atoms with Gasteiger partial charge in [0.2, 0.25) is 11.0 Å². The highest BCUT2D eigenvalue weighted by molar-refractivity contribution is 7.80. The summed E-state index contributed by atoms with van der Waals surface area (Å²) in [4.78, 5) is 21.3. The molecule has 3 aliphatic rings. The van der Waals surface area contributed by atoms with Crippen LogP contribution in [-0.2, 0) is 4.79 Å². The lowest BCUT2D eigenvalue weighted by Crippen LogP contribution is -2.49. The van der Waals surface area contributed by atoms with E-state index in [9.17, 15) is 13.6 Å². The standard InChI is InChI=1S/C28H25F2N3OS/c29-22-9-5-19(6-10-22)26(20-7-11-23(30)12-8-20)21-13-15-32(16-14-21)17-18-33-27(34)24-3-1-2-4-25(24)31-28(33)35/h1-12,24H,13-18H2/t24-/m1/s1. The number of aliphatic imine (C=N–C) groups is 1. The van der Waals surface area contributed by atoms with Crippen molar-refractivity contribution in [1.29, 1.82) is 0 Å². The number of nitrogens with zero attached hydrogens (tertiary/aromatic N) is 3. The molecule has 0 spiro atoms. The normalized spacial score (nSPS) is 20.2. The minimum Gasteiger partial charge on any atom is -0.301 e. The number of rotatable bonds is 5. The summed E-state index contributed by atoms with van der Waals surface area (Å²) in [5.41, 5.74) is 4.86. The van der Waals surface area contributed by atoms with Crippen molar-refractivity contribution in [2.75, 3.05) is 26.2 Å². The van der Waals surface area contributed by atoms with Gasteiger partial charge in [-0.3, -0.25) is 9.69 Å². The molecule has 0 radical (unpaired) electrons. The average Bonchev–Trinajstić information content (AvgIpc) is 2.87. The minimum absolute atomic E-state index is 0.0203. The third-order valence-corrected chi connectivity index (χ3v) is 7.02. The second-order valence-corrected chi connectivity index (χ2v) is 9.23. The fourth-order valence-corrected chi connectivity index (χ4v) is 5.12. The molecule has 1 saturated heterocycles. The summed E-state index contributed by atoms with van der Waals surface area (Å²) in [7, 11) is 0. The van der Waals surface area contributed by atoms with Crippen molar-refractivity contribution in [2.24, 2.45) is 10.9 Å². The summed E-state index contributed by atoms with van der Waals surface area (Å²) in [6, 6.07) is 12.9. The monoisotopic (exact) mass is 489 g/mol. The predicted octanol–water partition coefficient (Wildman–Crippen LogP) is 5.17. The molecule has 0 bridgehead atoms. The molecule has 5 rings (SSSR count). The number of carbonyl (C=O) groups excluding carboxylic acids is 1. The van der Waals surface area contributed by atoms with E-state index in [0.717, 1.165) is 42.6 Å². The zero-order valence-electron chi connectivity index (χ0n) is 19.2. The van der Waals surface area contributed by atoms with Gasteiger partial charge in [0.15, 0.2) is 0 Å². The van der Waals surface area contributed by atoms with Crippen molar-refractivity contribution in [3.63, 3.8) is 0 Å².